The van der Waals surface area contributed by atoms with Gasteiger partial charge in [-0.15, -0.1) is 10.2 Å². The van der Waals surface area contributed by atoms with Gasteiger partial charge >= 0.3 is 0 Å². The van der Waals surface area contributed by atoms with Crippen LogP contribution in [0.4, 0.5) is 0 Å². The lowest BCUT2D eigenvalue weighted by Gasteiger charge is -2.15. The fourth-order valence-electron chi connectivity index (χ4n) is 1.76. The zero-order chi connectivity index (χ0) is 14.4. The number of carbonyl (C=O) groups is 1. The van der Waals surface area contributed by atoms with Crippen LogP contribution in [-0.4, -0.2) is 42.0 Å². The average Bonchev–Trinajstić information content (AvgIpc) is 2.78. The first-order chi connectivity index (χ1) is 8.99. The second kappa shape index (κ2) is 7.49. The van der Waals surface area contributed by atoms with E-state index in [-0.39, 0.29) is 17.2 Å². The van der Waals surface area contributed by atoms with Crippen LogP contribution in [0, 0.1) is 0 Å². The first-order valence-electron chi connectivity index (χ1n) is 6.57. The molecule has 7 heteroatoms. The highest BCUT2D eigenvalue weighted by atomic mass is 32.2. The van der Waals surface area contributed by atoms with Crippen molar-refractivity contribution in [3.05, 3.63) is 5.89 Å². The van der Waals surface area contributed by atoms with E-state index in [4.69, 9.17) is 4.42 Å². The molecule has 1 amide bonds. The number of hydrogen-bond donors (Lipinski definition) is 2. The first-order valence-corrected chi connectivity index (χ1v) is 7.45. The molecule has 1 heterocycles. The van der Waals surface area contributed by atoms with Gasteiger partial charge in [0.15, 0.2) is 6.04 Å². The predicted molar refractivity (Wildman–Crippen MR) is 74.1 cm³/mol. The number of carbonyl (C=O) groups excluding carboxylic acids is 1. The molecule has 0 aliphatic carbocycles. The van der Waals surface area contributed by atoms with Gasteiger partial charge in [0.05, 0.1) is 19.3 Å². The fourth-order valence-corrected chi connectivity index (χ4v) is 2.48. The number of amides is 1. The Balaban J connectivity index is 2.67. The minimum Gasteiger partial charge on any atom is -0.410 e. The van der Waals surface area contributed by atoms with E-state index in [9.17, 15) is 4.79 Å². The van der Waals surface area contributed by atoms with Gasteiger partial charge in [0.2, 0.25) is 5.91 Å². The third-order valence-corrected chi connectivity index (χ3v) is 3.76. The first kappa shape index (κ1) is 16.0. The minimum absolute atomic E-state index is 0.0162. The number of nitrogens with one attached hydrogen (secondary N) is 2. The third kappa shape index (κ3) is 4.50. The molecule has 0 saturated heterocycles. The van der Waals surface area contributed by atoms with E-state index in [2.05, 4.69) is 36.5 Å². The molecule has 1 aromatic rings. The largest absolute Gasteiger partial charge is 0.410 e. The number of hydrogen-bond acceptors (Lipinski definition) is 5. The molecule has 0 spiro atoms. The number of rotatable bonds is 7. The van der Waals surface area contributed by atoms with Gasteiger partial charge in [-0.25, -0.2) is 0 Å². The average molecular weight is 287 g/mol. The normalized spacial score (nSPS) is 14.4. The van der Waals surface area contributed by atoms with E-state index in [1.165, 1.54) is 16.7 Å². The molecule has 1 aromatic heterocycles. The summed E-state index contributed by atoms with van der Waals surface area (Å²) in [4.78, 5) is 12.9. The van der Waals surface area contributed by atoms with E-state index in [1.54, 1.807) is 0 Å². The number of thioether (sulfide) groups is 1. The van der Waals surface area contributed by atoms with Gasteiger partial charge in [-0.1, -0.05) is 18.7 Å². The maximum absolute atomic E-state index is 11.6. The molecule has 0 fully saturated rings. The van der Waals surface area contributed by atoms with Crippen molar-refractivity contribution >= 4 is 17.7 Å². The highest BCUT2D eigenvalue weighted by Gasteiger charge is 2.24. The molecule has 2 atom stereocenters. The van der Waals surface area contributed by atoms with Crippen LogP contribution in [0.15, 0.2) is 9.64 Å². The highest BCUT2D eigenvalue weighted by molar-refractivity contribution is 8.00. The maximum atomic E-state index is 11.6. The molecule has 108 valence electrons. The molecule has 19 heavy (non-hydrogen) atoms. The second-order valence-corrected chi connectivity index (χ2v) is 5.89. The van der Waals surface area contributed by atoms with Crippen LogP contribution in [0.1, 0.15) is 39.1 Å². The van der Waals surface area contributed by atoms with E-state index in [0.717, 1.165) is 6.42 Å². The summed E-state index contributed by atoms with van der Waals surface area (Å²) in [5.74, 6) is 0.616. The molecule has 0 aromatic carbocycles. The van der Waals surface area contributed by atoms with Crippen LogP contribution in [0.3, 0.4) is 0 Å². The van der Waals surface area contributed by atoms with Gasteiger partial charge in [0.1, 0.15) is 0 Å². The molecule has 0 aliphatic rings. The van der Waals surface area contributed by atoms with Crippen molar-refractivity contribution in [2.75, 3.05) is 20.6 Å². The lowest BCUT2D eigenvalue weighted by Crippen LogP contribution is -3.06. The molecule has 0 unspecified atom stereocenters. The summed E-state index contributed by atoms with van der Waals surface area (Å²) in [6.07, 6.45) is 0.931. The van der Waals surface area contributed by atoms with Gasteiger partial charge in [0.25, 0.3) is 11.1 Å². The number of aromatic nitrogens is 2. The Bertz CT molecular complexity index is 408. The quantitative estimate of drug-likeness (QED) is 0.705. The van der Waals surface area contributed by atoms with Crippen LogP contribution in [0.25, 0.3) is 0 Å². The summed E-state index contributed by atoms with van der Waals surface area (Å²) in [7, 11) is 4.12. The van der Waals surface area contributed by atoms with E-state index in [0.29, 0.717) is 17.7 Å². The van der Waals surface area contributed by atoms with Gasteiger partial charge in [-0.05, 0) is 13.8 Å². The van der Waals surface area contributed by atoms with Crippen molar-refractivity contribution in [2.24, 2.45) is 0 Å². The summed E-state index contributed by atoms with van der Waals surface area (Å²) in [5, 5.41) is 11.1. The molecule has 2 N–H and O–H groups in total. The van der Waals surface area contributed by atoms with Gasteiger partial charge < -0.3 is 14.6 Å². The van der Waals surface area contributed by atoms with Gasteiger partial charge in [-0.3, -0.25) is 4.79 Å². The van der Waals surface area contributed by atoms with Crippen molar-refractivity contribution in [1.29, 1.82) is 0 Å². The van der Waals surface area contributed by atoms with Crippen molar-refractivity contribution < 1.29 is 14.1 Å². The Morgan fingerprint density at radius 2 is 2.11 bits per heavy atom. The van der Waals surface area contributed by atoms with Crippen molar-refractivity contribution in [2.45, 2.75) is 43.7 Å². The summed E-state index contributed by atoms with van der Waals surface area (Å²) in [5.41, 5.74) is 0. The van der Waals surface area contributed by atoms with E-state index in [1.807, 2.05) is 13.8 Å². The molecule has 0 saturated carbocycles. The Kier molecular flexibility index (Phi) is 6.30. The third-order valence-electron chi connectivity index (χ3n) is 2.82. The molecule has 0 bridgehead atoms. The van der Waals surface area contributed by atoms with Gasteiger partial charge in [-0.2, -0.15) is 0 Å². The van der Waals surface area contributed by atoms with Crippen LogP contribution in [0.2, 0.25) is 0 Å². The van der Waals surface area contributed by atoms with Crippen molar-refractivity contribution in [3.63, 3.8) is 0 Å². The standard InChI is InChI=1S/C12H22N4O2S/c1-6-9(16(4)5)11-14-15-12(18-11)19-8(3)10(17)13-7-2/h8-9H,6-7H2,1-5H3,(H,13,17)/p+1/t8-,9+/m0/s1. The SMILES string of the molecule is CCNC(=O)[C@H](C)Sc1nnc([C@@H](CC)[NH+](C)C)o1. The van der Waals surface area contributed by atoms with Crippen molar-refractivity contribution in [1.82, 2.24) is 15.5 Å². The molecule has 1 rings (SSSR count). The summed E-state index contributed by atoms with van der Waals surface area (Å²) in [6.45, 7) is 6.44. The monoisotopic (exact) mass is 287 g/mol. The summed E-state index contributed by atoms with van der Waals surface area (Å²) in [6, 6.07) is 0.196. The highest BCUT2D eigenvalue weighted by Crippen LogP contribution is 2.23. The molecular weight excluding hydrogens is 264 g/mol. The zero-order valence-corrected chi connectivity index (χ0v) is 13.0. The number of nitrogens with zero attached hydrogens (tertiary/aromatic N) is 2. The fraction of sp³-hybridized carbons (Fsp3) is 0.750. The van der Waals surface area contributed by atoms with Crippen LogP contribution < -0.4 is 10.2 Å². The molecular formula is C12H23N4O2S+. The Morgan fingerprint density at radius 3 is 2.63 bits per heavy atom. The summed E-state index contributed by atoms with van der Waals surface area (Å²) >= 11 is 1.29. The topological polar surface area (TPSA) is 72.5 Å². The Morgan fingerprint density at radius 1 is 1.42 bits per heavy atom. The number of quaternary nitrogens is 1. The lowest BCUT2D eigenvalue weighted by molar-refractivity contribution is -0.894. The van der Waals surface area contributed by atoms with Crippen LogP contribution in [-0.2, 0) is 4.79 Å². The Hall–Kier alpha value is -1.08. The lowest BCUT2D eigenvalue weighted by atomic mass is 10.2. The molecule has 0 aliphatic heterocycles. The smallest absolute Gasteiger partial charge is 0.277 e. The molecule has 6 nitrogen and oxygen atoms in total. The Labute approximate surface area is 118 Å². The zero-order valence-electron chi connectivity index (χ0n) is 12.2. The van der Waals surface area contributed by atoms with Gasteiger partial charge in [0, 0.05) is 13.0 Å². The predicted octanol–water partition coefficient (Wildman–Crippen LogP) is 0.282. The van der Waals surface area contributed by atoms with Crippen molar-refractivity contribution in [3.8, 4) is 0 Å². The summed E-state index contributed by atoms with van der Waals surface area (Å²) < 4.78 is 5.64. The van der Waals surface area contributed by atoms with Crippen LogP contribution >= 0.6 is 11.8 Å². The maximum Gasteiger partial charge on any atom is 0.277 e. The minimum atomic E-state index is -0.236. The molecule has 0 radical (unpaired) electrons. The van der Waals surface area contributed by atoms with E-state index < -0.39 is 0 Å². The van der Waals surface area contributed by atoms with Crippen LogP contribution in [0.5, 0.6) is 0 Å². The van der Waals surface area contributed by atoms with E-state index >= 15 is 0 Å². The second-order valence-electron chi connectivity index (χ2n) is 4.60.